The van der Waals surface area contributed by atoms with Crippen LogP contribution < -0.4 is 9.47 Å². The number of allylic oxidation sites excluding steroid dienone is 2. The SMILES string of the molecule is COc1ccc(OC)c(C[C@]2(C)[C@H](C)CC[C@]3(C)C(C)=CCC[C@H]23)c1. The van der Waals surface area contributed by atoms with Gasteiger partial charge in [-0.3, -0.25) is 0 Å². The van der Waals surface area contributed by atoms with Gasteiger partial charge in [0.15, 0.2) is 0 Å². The monoisotopic (exact) mass is 342 g/mol. The van der Waals surface area contributed by atoms with Crippen molar-refractivity contribution in [1.29, 1.82) is 0 Å². The van der Waals surface area contributed by atoms with E-state index in [-0.39, 0.29) is 5.41 Å². The Balaban J connectivity index is 2.01. The minimum atomic E-state index is 0.280. The second-order valence-corrected chi connectivity index (χ2v) is 8.73. The maximum absolute atomic E-state index is 5.68. The molecule has 25 heavy (non-hydrogen) atoms. The fourth-order valence-corrected chi connectivity index (χ4v) is 5.64. The lowest BCUT2D eigenvalue weighted by Crippen LogP contribution is -2.50. The van der Waals surface area contributed by atoms with Crippen molar-refractivity contribution < 1.29 is 9.47 Å². The molecular weight excluding hydrogens is 308 g/mol. The average molecular weight is 343 g/mol. The third kappa shape index (κ3) is 2.98. The largest absolute Gasteiger partial charge is 0.497 e. The number of hydrogen-bond acceptors (Lipinski definition) is 2. The molecule has 2 heteroatoms. The van der Waals surface area contributed by atoms with E-state index in [9.17, 15) is 0 Å². The van der Waals surface area contributed by atoms with Crippen LogP contribution in [0.2, 0.25) is 0 Å². The summed E-state index contributed by atoms with van der Waals surface area (Å²) in [4.78, 5) is 0. The molecular formula is C23H34O2. The van der Waals surface area contributed by atoms with E-state index in [1.54, 1.807) is 19.8 Å². The topological polar surface area (TPSA) is 18.5 Å². The van der Waals surface area contributed by atoms with Gasteiger partial charge < -0.3 is 9.47 Å². The number of methoxy groups -OCH3 is 2. The first-order valence-electron chi connectivity index (χ1n) is 9.73. The van der Waals surface area contributed by atoms with Gasteiger partial charge in [0.2, 0.25) is 0 Å². The molecule has 0 unspecified atom stereocenters. The van der Waals surface area contributed by atoms with Crippen molar-refractivity contribution in [2.24, 2.45) is 22.7 Å². The predicted molar refractivity (Wildman–Crippen MR) is 104 cm³/mol. The molecule has 4 atom stereocenters. The average Bonchev–Trinajstić information content (AvgIpc) is 2.60. The third-order valence-electron chi connectivity index (χ3n) is 7.65. The fraction of sp³-hybridized carbons (Fsp3) is 0.652. The summed E-state index contributed by atoms with van der Waals surface area (Å²) in [5, 5.41) is 0. The Morgan fingerprint density at radius 1 is 1.12 bits per heavy atom. The standard InChI is InChI=1S/C23H34O2/c1-16-8-7-9-21-22(16,3)13-12-17(2)23(21,4)15-18-14-19(24-5)10-11-20(18)25-6/h8,10-11,14,17,21H,7,9,12-13,15H2,1-6H3/t17-,21+,22-,23-/m1/s1. The maximum Gasteiger partial charge on any atom is 0.122 e. The van der Waals surface area contributed by atoms with Crippen molar-refractivity contribution in [1.82, 2.24) is 0 Å². The molecule has 0 saturated heterocycles. The number of benzene rings is 1. The van der Waals surface area contributed by atoms with Crippen LogP contribution in [0.4, 0.5) is 0 Å². The van der Waals surface area contributed by atoms with Crippen LogP contribution >= 0.6 is 0 Å². The van der Waals surface area contributed by atoms with E-state index in [4.69, 9.17) is 9.47 Å². The smallest absolute Gasteiger partial charge is 0.122 e. The van der Waals surface area contributed by atoms with Crippen LogP contribution in [0, 0.1) is 22.7 Å². The molecule has 2 aliphatic rings. The Hall–Kier alpha value is -1.44. The van der Waals surface area contributed by atoms with Gasteiger partial charge in [0.25, 0.3) is 0 Å². The van der Waals surface area contributed by atoms with E-state index < -0.39 is 0 Å². The Labute approximate surface area is 153 Å². The van der Waals surface area contributed by atoms with Crippen LogP contribution in [0.5, 0.6) is 11.5 Å². The van der Waals surface area contributed by atoms with Gasteiger partial charge in [-0.1, -0.05) is 32.4 Å². The van der Waals surface area contributed by atoms with E-state index in [0.29, 0.717) is 11.3 Å². The zero-order valence-electron chi connectivity index (χ0n) is 16.8. The minimum absolute atomic E-state index is 0.280. The van der Waals surface area contributed by atoms with Crippen molar-refractivity contribution in [3.63, 3.8) is 0 Å². The lowest BCUT2D eigenvalue weighted by molar-refractivity contribution is -0.0412. The van der Waals surface area contributed by atoms with Crippen LogP contribution in [0.1, 0.15) is 58.9 Å². The Bertz CT molecular complexity index is 662. The Morgan fingerprint density at radius 2 is 1.88 bits per heavy atom. The third-order valence-corrected chi connectivity index (χ3v) is 7.65. The van der Waals surface area contributed by atoms with E-state index in [2.05, 4.69) is 45.9 Å². The number of hydrogen-bond donors (Lipinski definition) is 0. The first-order valence-corrected chi connectivity index (χ1v) is 9.73. The molecule has 2 aliphatic carbocycles. The second kappa shape index (κ2) is 6.70. The van der Waals surface area contributed by atoms with Gasteiger partial charge in [0.05, 0.1) is 14.2 Å². The highest BCUT2D eigenvalue weighted by molar-refractivity contribution is 5.41. The molecule has 0 radical (unpaired) electrons. The van der Waals surface area contributed by atoms with Crippen LogP contribution in [0.15, 0.2) is 29.8 Å². The molecule has 0 amide bonds. The summed E-state index contributed by atoms with van der Waals surface area (Å²) in [6.45, 7) is 9.85. The summed E-state index contributed by atoms with van der Waals surface area (Å²) in [7, 11) is 3.51. The van der Waals surface area contributed by atoms with Crippen molar-refractivity contribution in [3.8, 4) is 11.5 Å². The molecule has 0 aliphatic heterocycles. The van der Waals surface area contributed by atoms with Gasteiger partial charge >= 0.3 is 0 Å². The summed E-state index contributed by atoms with van der Waals surface area (Å²) < 4.78 is 11.2. The van der Waals surface area contributed by atoms with Gasteiger partial charge in [-0.05, 0) is 85.5 Å². The summed E-state index contributed by atoms with van der Waals surface area (Å²) in [5.74, 6) is 3.35. The second-order valence-electron chi connectivity index (χ2n) is 8.73. The minimum Gasteiger partial charge on any atom is -0.497 e. The molecule has 138 valence electrons. The van der Waals surface area contributed by atoms with Gasteiger partial charge in [0.1, 0.15) is 11.5 Å². The van der Waals surface area contributed by atoms with Crippen LogP contribution in [0.25, 0.3) is 0 Å². The molecule has 3 rings (SSSR count). The first-order chi connectivity index (χ1) is 11.8. The van der Waals surface area contributed by atoms with Gasteiger partial charge in [-0.25, -0.2) is 0 Å². The van der Waals surface area contributed by atoms with E-state index in [0.717, 1.165) is 23.8 Å². The molecule has 0 N–H and O–H groups in total. The zero-order valence-corrected chi connectivity index (χ0v) is 16.8. The molecule has 0 aromatic heterocycles. The van der Waals surface area contributed by atoms with Gasteiger partial charge in [-0.15, -0.1) is 0 Å². The zero-order chi connectivity index (χ0) is 18.2. The van der Waals surface area contributed by atoms with Gasteiger partial charge in [-0.2, -0.15) is 0 Å². The quantitative estimate of drug-likeness (QED) is 0.621. The van der Waals surface area contributed by atoms with Crippen molar-refractivity contribution >= 4 is 0 Å². The lowest BCUT2D eigenvalue weighted by atomic mass is 9.47. The van der Waals surface area contributed by atoms with Crippen LogP contribution in [-0.4, -0.2) is 14.2 Å². The van der Waals surface area contributed by atoms with E-state index in [1.165, 1.54) is 31.2 Å². The summed E-state index contributed by atoms with van der Waals surface area (Å²) in [6, 6.07) is 6.22. The van der Waals surface area contributed by atoms with Crippen molar-refractivity contribution in [3.05, 3.63) is 35.4 Å². The first kappa shape index (κ1) is 18.4. The Morgan fingerprint density at radius 3 is 2.56 bits per heavy atom. The van der Waals surface area contributed by atoms with Crippen molar-refractivity contribution in [2.75, 3.05) is 14.2 Å². The van der Waals surface area contributed by atoms with E-state index in [1.807, 2.05) is 6.07 Å². The number of ether oxygens (including phenoxy) is 2. The highest BCUT2D eigenvalue weighted by Crippen LogP contribution is 2.61. The van der Waals surface area contributed by atoms with Crippen LogP contribution in [-0.2, 0) is 6.42 Å². The number of rotatable bonds is 4. The molecule has 0 bridgehead atoms. The van der Waals surface area contributed by atoms with Crippen LogP contribution in [0.3, 0.4) is 0 Å². The van der Waals surface area contributed by atoms with Crippen molar-refractivity contribution in [2.45, 2.75) is 59.8 Å². The maximum atomic E-state index is 5.68. The highest BCUT2D eigenvalue weighted by Gasteiger charge is 2.53. The molecule has 1 saturated carbocycles. The predicted octanol–water partition coefficient (Wildman–Crippen LogP) is 6.05. The molecule has 1 aromatic rings. The molecule has 2 nitrogen and oxygen atoms in total. The Kier molecular flexibility index (Phi) is 4.92. The number of fused-ring (bicyclic) bond motifs is 1. The van der Waals surface area contributed by atoms with Gasteiger partial charge in [0, 0.05) is 0 Å². The molecule has 0 spiro atoms. The normalized spacial score (nSPS) is 34.9. The highest BCUT2D eigenvalue weighted by atomic mass is 16.5. The fourth-order valence-electron chi connectivity index (χ4n) is 5.64. The van der Waals surface area contributed by atoms with E-state index >= 15 is 0 Å². The molecule has 1 aromatic carbocycles. The lowest BCUT2D eigenvalue weighted by Gasteiger charge is -2.58. The summed E-state index contributed by atoms with van der Waals surface area (Å²) in [6.07, 6.45) is 8.71. The molecule has 1 fully saturated rings. The summed E-state index contributed by atoms with van der Waals surface area (Å²) >= 11 is 0. The molecule has 0 heterocycles. The summed E-state index contributed by atoms with van der Waals surface area (Å²) in [5.41, 5.74) is 3.53.